The fourth-order valence-electron chi connectivity index (χ4n) is 1.04. The minimum Gasteiger partial charge on any atom is -0.364 e. The highest BCUT2D eigenvalue weighted by Crippen LogP contribution is 2.22. The lowest BCUT2D eigenvalue weighted by atomic mass is 10.1. The summed E-state index contributed by atoms with van der Waals surface area (Å²) in [5.41, 5.74) is 6.38. The highest BCUT2D eigenvalue weighted by Gasteiger charge is 2.12. The molecule has 14 heavy (non-hydrogen) atoms. The summed E-state index contributed by atoms with van der Waals surface area (Å²) in [7, 11) is 0. The SMILES string of the molecule is CC(C)(C)Nc1ncc(CN)cc1Cl. The van der Waals surface area contributed by atoms with E-state index in [1.54, 1.807) is 6.20 Å². The van der Waals surface area contributed by atoms with Gasteiger partial charge in [-0.2, -0.15) is 0 Å². The molecule has 3 N–H and O–H groups in total. The molecule has 4 heteroatoms. The predicted molar refractivity (Wildman–Crippen MR) is 60.5 cm³/mol. The van der Waals surface area contributed by atoms with E-state index in [2.05, 4.69) is 31.1 Å². The zero-order valence-electron chi connectivity index (χ0n) is 8.76. The number of aromatic nitrogens is 1. The van der Waals surface area contributed by atoms with Crippen LogP contribution >= 0.6 is 11.6 Å². The molecule has 1 aromatic heterocycles. The molecule has 0 amide bonds. The van der Waals surface area contributed by atoms with Gasteiger partial charge in [0.25, 0.3) is 0 Å². The van der Waals surface area contributed by atoms with E-state index in [0.717, 1.165) is 5.56 Å². The van der Waals surface area contributed by atoms with Gasteiger partial charge in [0.15, 0.2) is 0 Å². The zero-order valence-corrected chi connectivity index (χ0v) is 9.52. The molecule has 0 radical (unpaired) electrons. The smallest absolute Gasteiger partial charge is 0.145 e. The molecule has 1 aromatic rings. The molecule has 0 atom stereocenters. The average molecular weight is 214 g/mol. The minimum atomic E-state index is -0.0408. The van der Waals surface area contributed by atoms with Crippen molar-refractivity contribution in [3.8, 4) is 0 Å². The Hall–Kier alpha value is -0.800. The Morgan fingerprint density at radius 2 is 2.14 bits per heavy atom. The fourth-order valence-corrected chi connectivity index (χ4v) is 1.27. The first-order chi connectivity index (χ1) is 6.42. The second kappa shape index (κ2) is 4.15. The van der Waals surface area contributed by atoms with Gasteiger partial charge in [-0.15, -0.1) is 0 Å². The van der Waals surface area contributed by atoms with E-state index in [4.69, 9.17) is 17.3 Å². The molecular formula is C10H16ClN3. The van der Waals surface area contributed by atoms with Gasteiger partial charge in [-0.25, -0.2) is 4.98 Å². The first kappa shape index (κ1) is 11.3. The van der Waals surface area contributed by atoms with Gasteiger partial charge in [0, 0.05) is 18.3 Å². The van der Waals surface area contributed by atoms with Gasteiger partial charge in [-0.05, 0) is 32.4 Å². The van der Waals surface area contributed by atoms with Crippen molar-refractivity contribution in [2.45, 2.75) is 32.9 Å². The third kappa shape index (κ3) is 3.16. The highest BCUT2D eigenvalue weighted by atomic mass is 35.5. The van der Waals surface area contributed by atoms with Crippen LogP contribution in [0.25, 0.3) is 0 Å². The van der Waals surface area contributed by atoms with Crippen LogP contribution in [0.15, 0.2) is 12.3 Å². The number of nitrogens with zero attached hydrogens (tertiary/aromatic N) is 1. The van der Waals surface area contributed by atoms with E-state index in [9.17, 15) is 0 Å². The Morgan fingerprint density at radius 3 is 2.57 bits per heavy atom. The van der Waals surface area contributed by atoms with Gasteiger partial charge in [-0.3, -0.25) is 0 Å². The van der Waals surface area contributed by atoms with E-state index in [0.29, 0.717) is 17.4 Å². The molecule has 0 aliphatic carbocycles. The zero-order chi connectivity index (χ0) is 10.8. The second-order valence-corrected chi connectivity index (χ2v) is 4.66. The molecule has 0 aliphatic rings. The molecule has 0 saturated heterocycles. The van der Waals surface area contributed by atoms with Crippen molar-refractivity contribution >= 4 is 17.4 Å². The lowest BCUT2D eigenvalue weighted by Gasteiger charge is -2.22. The summed E-state index contributed by atoms with van der Waals surface area (Å²) in [5.74, 6) is 0.705. The number of rotatable bonds is 2. The summed E-state index contributed by atoms with van der Waals surface area (Å²) < 4.78 is 0. The molecule has 3 nitrogen and oxygen atoms in total. The Kier molecular flexibility index (Phi) is 3.34. The van der Waals surface area contributed by atoms with E-state index in [-0.39, 0.29) is 5.54 Å². The van der Waals surface area contributed by atoms with E-state index in [1.165, 1.54) is 0 Å². The summed E-state index contributed by atoms with van der Waals surface area (Å²) >= 11 is 6.03. The monoisotopic (exact) mass is 213 g/mol. The number of nitrogens with one attached hydrogen (secondary N) is 1. The van der Waals surface area contributed by atoms with Crippen LogP contribution in [0.2, 0.25) is 5.02 Å². The van der Waals surface area contributed by atoms with Crippen molar-refractivity contribution in [3.63, 3.8) is 0 Å². The van der Waals surface area contributed by atoms with Crippen LogP contribution in [0.5, 0.6) is 0 Å². The molecular weight excluding hydrogens is 198 g/mol. The molecule has 0 unspecified atom stereocenters. The van der Waals surface area contributed by atoms with Gasteiger partial charge < -0.3 is 11.1 Å². The lowest BCUT2D eigenvalue weighted by molar-refractivity contribution is 0.630. The maximum atomic E-state index is 6.03. The summed E-state index contributed by atoms with van der Waals surface area (Å²) in [5, 5.41) is 3.83. The quantitative estimate of drug-likeness (QED) is 0.793. The first-order valence-corrected chi connectivity index (χ1v) is 4.93. The van der Waals surface area contributed by atoms with Gasteiger partial charge in [0.1, 0.15) is 5.82 Å². The van der Waals surface area contributed by atoms with Crippen LogP contribution in [-0.4, -0.2) is 10.5 Å². The van der Waals surface area contributed by atoms with Crippen LogP contribution < -0.4 is 11.1 Å². The van der Waals surface area contributed by atoms with Crippen LogP contribution in [0, 0.1) is 0 Å². The van der Waals surface area contributed by atoms with Crippen molar-refractivity contribution in [1.82, 2.24) is 4.98 Å². The molecule has 1 heterocycles. The van der Waals surface area contributed by atoms with Crippen molar-refractivity contribution in [2.24, 2.45) is 5.73 Å². The van der Waals surface area contributed by atoms with E-state index in [1.807, 2.05) is 6.07 Å². The van der Waals surface area contributed by atoms with Crippen molar-refractivity contribution in [1.29, 1.82) is 0 Å². The Labute approximate surface area is 89.7 Å². The first-order valence-electron chi connectivity index (χ1n) is 4.55. The van der Waals surface area contributed by atoms with Crippen molar-refractivity contribution in [2.75, 3.05) is 5.32 Å². The average Bonchev–Trinajstić information content (AvgIpc) is 2.06. The highest BCUT2D eigenvalue weighted by molar-refractivity contribution is 6.32. The summed E-state index contributed by atoms with van der Waals surface area (Å²) in [6.45, 7) is 6.63. The van der Waals surface area contributed by atoms with Crippen LogP contribution in [0.1, 0.15) is 26.3 Å². The molecule has 78 valence electrons. The normalized spacial score (nSPS) is 11.5. The number of anilines is 1. The Balaban J connectivity index is 2.89. The topological polar surface area (TPSA) is 50.9 Å². The van der Waals surface area contributed by atoms with E-state index >= 15 is 0 Å². The van der Waals surface area contributed by atoms with Crippen LogP contribution in [-0.2, 0) is 6.54 Å². The molecule has 1 rings (SSSR count). The molecule has 0 aliphatic heterocycles. The maximum Gasteiger partial charge on any atom is 0.145 e. The molecule has 0 aromatic carbocycles. The lowest BCUT2D eigenvalue weighted by Crippen LogP contribution is -2.26. The number of halogens is 1. The fraction of sp³-hybridized carbons (Fsp3) is 0.500. The van der Waals surface area contributed by atoms with Gasteiger partial charge in [0.05, 0.1) is 5.02 Å². The second-order valence-electron chi connectivity index (χ2n) is 4.25. The summed E-state index contributed by atoms with van der Waals surface area (Å²) in [4.78, 5) is 4.21. The molecule has 0 saturated carbocycles. The van der Waals surface area contributed by atoms with Crippen molar-refractivity contribution in [3.05, 3.63) is 22.8 Å². The third-order valence-corrected chi connectivity index (χ3v) is 1.92. The maximum absolute atomic E-state index is 6.03. The van der Waals surface area contributed by atoms with Crippen LogP contribution in [0.4, 0.5) is 5.82 Å². The Morgan fingerprint density at radius 1 is 1.50 bits per heavy atom. The number of nitrogens with two attached hydrogens (primary N) is 1. The van der Waals surface area contributed by atoms with Crippen LogP contribution in [0.3, 0.4) is 0 Å². The van der Waals surface area contributed by atoms with Gasteiger partial charge in [-0.1, -0.05) is 11.6 Å². The standard InChI is InChI=1S/C10H16ClN3/c1-10(2,3)14-9-8(11)4-7(5-12)6-13-9/h4,6H,5,12H2,1-3H3,(H,13,14). The summed E-state index contributed by atoms with van der Waals surface area (Å²) in [6.07, 6.45) is 1.74. The number of hydrogen-bond donors (Lipinski definition) is 2. The number of hydrogen-bond acceptors (Lipinski definition) is 3. The van der Waals surface area contributed by atoms with Gasteiger partial charge >= 0.3 is 0 Å². The van der Waals surface area contributed by atoms with Crippen molar-refractivity contribution < 1.29 is 0 Å². The van der Waals surface area contributed by atoms with E-state index < -0.39 is 0 Å². The molecule has 0 spiro atoms. The summed E-state index contributed by atoms with van der Waals surface area (Å²) in [6, 6.07) is 1.84. The largest absolute Gasteiger partial charge is 0.364 e. The Bertz CT molecular complexity index is 318. The molecule has 0 bridgehead atoms. The minimum absolute atomic E-state index is 0.0408. The predicted octanol–water partition coefficient (Wildman–Crippen LogP) is 2.40. The number of pyridine rings is 1. The third-order valence-electron chi connectivity index (χ3n) is 1.63. The molecule has 0 fully saturated rings. The van der Waals surface area contributed by atoms with Gasteiger partial charge in [0.2, 0.25) is 0 Å².